The second-order valence-corrected chi connectivity index (χ2v) is 5.02. The van der Waals surface area contributed by atoms with Crippen LogP contribution in [0, 0.1) is 0 Å². The van der Waals surface area contributed by atoms with E-state index in [4.69, 9.17) is 4.74 Å². The van der Waals surface area contributed by atoms with Crippen molar-refractivity contribution in [2.45, 2.75) is 31.7 Å². The zero-order chi connectivity index (χ0) is 10.8. The molecule has 4 nitrogen and oxygen atoms in total. The molecule has 1 N–H and O–H groups in total. The summed E-state index contributed by atoms with van der Waals surface area (Å²) in [5.41, 5.74) is -0.423. The van der Waals surface area contributed by atoms with Gasteiger partial charge in [-0.3, -0.25) is 0 Å². The first-order valence-corrected chi connectivity index (χ1v) is 5.29. The molecule has 0 aromatic heterocycles. The van der Waals surface area contributed by atoms with Gasteiger partial charge in [-0.1, -0.05) is 0 Å². The van der Waals surface area contributed by atoms with Crippen LogP contribution in [0.2, 0.25) is 0 Å². The van der Waals surface area contributed by atoms with Gasteiger partial charge in [0.2, 0.25) is 0 Å². The Balaban J connectivity index is 2.44. The maximum Gasteiger partial charge on any atom is 0.410 e. The number of hydrogen-bond acceptors (Lipinski definition) is 4. The lowest BCUT2D eigenvalue weighted by Crippen LogP contribution is -2.51. The third kappa shape index (κ3) is 3.75. The Morgan fingerprint density at radius 3 is 2.71 bits per heavy atom. The fourth-order valence-corrected chi connectivity index (χ4v) is 1.55. The van der Waals surface area contributed by atoms with Crippen molar-refractivity contribution in [3.8, 4) is 0 Å². The van der Waals surface area contributed by atoms with Crippen LogP contribution in [-0.2, 0) is 4.74 Å². The van der Waals surface area contributed by atoms with Crippen LogP contribution in [0.4, 0.5) is 4.79 Å². The SMILES string of the molecule is CC(C)(C)OC(=O)N1CCN[C@H](S)C1. The molecule has 0 bridgehead atoms. The highest BCUT2D eigenvalue weighted by molar-refractivity contribution is 7.80. The lowest BCUT2D eigenvalue weighted by atomic mass is 10.2. The Kier molecular flexibility index (Phi) is 3.66. The highest BCUT2D eigenvalue weighted by Crippen LogP contribution is 2.11. The zero-order valence-electron chi connectivity index (χ0n) is 8.91. The van der Waals surface area contributed by atoms with Crippen molar-refractivity contribution in [1.29, 1.82) is 0 Å². The summed E-state index contributed by atoms with van der Waals surface area (Å²) in [6.45, 7) is 7.65. The van der Waals surface area contributed by atoms with E-state index in [1.807, 2.05) is 20.8 Å². The Labute approximate surface area is 90.4 Å². The van der Waals surface area contributed by atoms with Gasteiger partial charge in [0, 0.05) is 19.6 Å². The fraction of sp³-hybridized carbons (Fsp3) is 0.889. The molecule has 5 heteroatoms. The standard InChI is InChI=1S/C9H18N2O2S/c1-9(2,3)13-8(12)11-5-4-10-7(14)6-11/h7,10,14H,4-6H2,1-3H3/t7-/m1/s1. The molecule has 14 heavy (non-hydrogen) atoms. The molecule has 82 valence electrons. The molecular formula is C9H18N2O2S. The first kappa shape index (κ1) is 11.7. The van der Waals surface area contributed by atoms with Gasteiger partial charge < -0.3 is 15.0 Å². The molecule has 1 amide bonds. The van der Waals surface area contributed by atoms with Crippen LogP contribution >= 0.6 is 12.6 Å². The Hall–Kier alpha value is -0.420. The van der Waals surface area contributed by atoms with Crippen molar-refractivity contribution in [2.75, 3.05) is 19.6 Å². The van der Waals surface area contributed by atoms with Crippen molar-refractivity contribution in [1.82, 2.24) is 10.2 Å². The van der Waals surface area contributed by atoms with Crippen LogP contribution in [0.3, 0.4) is 0 Å². The summed E-state index contributed by atoms with van der Waals surface area (Å²) < 4.78 is 5.25. The molecule has 1 fully saturated rings. The van der Waals surface area contributed by atoms with Crippen molar-refractivity contribution in [3.05, 3.63) is 0 Å². The van der Waals surface area contributed by atoms with Gasteiger partial charge in [-0.25, -0.2) is 4.79 Å². The molecule has 1 atom stereocenters. The minimum absolute atomic E-state index is 0.0521. The van der Waals surface area contributed by atoms with E-state index in [0.717, 1.165) is 6.54 Å². The van der Waals surface area contributed by atoms with Crippen molar-refractivity contribution < 1.29 is 9.53 Å². The third-order valence-corrected chi connectivity index (χ3v) is 2.15. The predicted octanol–water partition coefficient (Wildman–Crippen LogP) is 1.08. The molecular weight excluding hydrogens is 200 g/mol. The van der Waals surface area contributed by atoms with E-state index in [9.17, 15) is 4.79 Å². The van der Waals surface area contributed by atoms with E-state index in [0.29, 0.717) is 13.1 Å². The van der Waals surface area contributed by atoms with Crippen molar-refractivity contribution >= 4 is 18.7 Å². The maximum absolute atomic E-state index is 11.6. The Morgan fingerprint density at radius 2 is 2.21 bits per heavy atom. The first-order valence-electron chi connectivity index (χ1n) is 4.78. The second-order valence-electron chi connectivity index (χ2n) is 4.40. The number of nitrogens with zero attached hydrogens (tertiary/aromatic N) is 1. The van der Waals surface area contributed by atoms with Gasteiger partial charge in [0.05, 0.1) is 5.37 Å². The van der Waals surface area contributed by atoms with E-state index < -0.39 is 5.60 Å². The van der Waals surface area contributed by atoms with Crippen LogP contribution in [0.15, 0.2) is 0 Å². The number of ether oxygens (including phenoxy) is 1. The zero-order valence-corrected chi connectivity index (χ0v) is 9.80. The quantitative estimate of drug-likeness (QED) is 0.598. The highest BCUT2D eigenvalue weighted by Gasteiger charge is 2.25. The number of carbonyl (C=O) groups excluding carboxylic acids is 1. The molecule has 0 unspecified atom stereocenters. The van der Waals surface area contributed by atoms with E-state index in [1.54, 1.807) is 4.90 Å². The average Bonchev–Trinajstić information content (AvgIpc) is 2.01. The summed E-state index contributed by atoms with van der Waals surface area (Å²) in [6, 6.07) is 0. The Bertz CT molecular complexity index is 215. The van der Waals surface area contributed by atoms with E-state index >= 15 is 0 Å². The van der Waals surface area contributed by atoms with Gasteiger partial charge in [-0.05, 0) is 20.8 Å². The lowest BCUT2D eigenvalue weighted by Gasteiger charge is -2.32. The largest absolute Gasteiger partial charge is 0.444 e. The minimum Gasteiger partial charge on any atom is -0.444 e. The number of hydrogen-bond donors (Lipinski definition) is 2. The number of rotatable bonds is 0. The Morgan fingerprint density at radius 1 is 1.57 bits per heavy atom. The van der Waals surface area contributed by atoms with Crippen LogP contribution in [-0.4, -0.2) is 41.6 Å². The molecule has 1 aliphatic heterocycles. The number of carbonyl (C=O) groups is 1. The van der Waals surface area contributed by atoms with Gasteiger partial charge in [-0.2, -0.15) is 12.6 Å². The molecule has 0 aromatic carbocycles. The van der Waals surface area contributed by atoms with Gasteiger partial charge in [-0.15, -0.1) is 0 Å². The van der Waals surface area contributed by atoms with E-state index in [-0.39, 0.29) is 11.5 Å². The fourth-order valence-electron chi connectivity index (χ4n) is 1.22. The summed E-state index contributed by atoms with van der Waals surface area (Å²) in [7, 11) is 0. The molecule has 0 spiro atoms. The molecule has 0 saturated carbocycles. The molecule has 1 rings (SSSR count). The van der Waals surface area contributed by atoms with Crippen LogP contribution < -0.4 is 5.32 Å². The summed E-state index contributed by atoms with van der Waals surface area (Å²) >= 11 is 4.27. The lowest BCUT2D eigenvalue weighted by molar-refractivity contribution is 0.0221. The molecule has 0 radical (unpaired) electrons. The highest BCUT2D eigenvalue weighted by atomic mass is 32.1. The van der Waals surface area contributed by atoms with Crippen LogP contribution in [0.5, 0.6) is 0 Å². The normalized spacial score (nSPS) is 23.4. The number of piperazine rings is 1. The summed E-state index contributed by atoms with van der Waals surface area (Å²) in [5.74, 6) is 0. The summed E-state index contributed by atoms with van der Waals surface area (Å²) in [6.07, 6.45) is -0.252. The van der Waals surface area contributed by atoms with E-state index in [1.165, 1.54) is 0 Å². The third-order valence-electron chi connectivity index (χ3n) is 1.81. The van der Waals surface area contributed by atoms with Gasteiger partial charge in [0.1, 0.15) is 5.60 Å². The number of nitrogens with one attached hydrogen (secondary N) is 1. The minimum atomic E-state index is -0.423. The summed E-state index contributed by atoms with van der Waals surface area (Å²) in [4.78, 5) is 13.3. The molecule has 1 saturated heterocycles. The average molecular weight is 218 g/mol. The number of thiol groups is 1. The second kappa shape index (κ2) is 4.40. The summed E-state index contributed by atoms with van der Waals surface area (Å²) in [5, 5.41) is 3.20. The van der Waals surface area contributed by atoms with Gasteiger partial charge in [0.25, 0.3) is 0 Å². The number of amides is 1. The van der Waals surface area contributed by atoms with Gasteiger partial charge in [0.15, 0.2) is 0 Å². The molecule has 1 aliphatic rings. The van der Waals surface area contributed by atoms with Crippen LogP contribution in [0.1, 0.15) is 20.8 Å². The molecule has 0 aromatic rings. The van der Waals surface area contributed by atoms with E-state index in [2.05, 4.69) is 17.9 Å². The first-order chi connectivity index (χ1) is 6.38. The topological polar surface area (TPSA) is 41.6 Å². The molecule has 1 heterocycles. The van der Waals surface area contributed by atoms with Gasteiger partial charge >= 0.3 is 6.09 Å². The maximum atomic E-state index is 11.6. The van der Waals surface area contributed by atoms with Crippen molar-refractivity contribution in [3.63, 3.8) is 0 Å². The smallest absolute Gasteiger partial charge is 0.410 e. The van der Waals surface area contributed by atoms with Crippen molar-refractivity contribution in [2.24, 2.45) is 0 Å². The predicted molar refractivity (Wildman–Crippen MR) is 58.6 cm³/mol. The van der Waals surface area contributed by atoms with Crippen LogP contribution in [0.25, 0.3) is 0 Å². The monoisotopic (exact) mass is 218 g/mol. The molecule has 0 aliphatic carbocycles.